The molecule has 4 nitrogen and oxygen atoms in total. The van der Waals surface area contributed by atoms with Crippen molar-refractivity contribution in [1.29, 1.82) is 0 Å². The van der Waals surface area contributed by atoms with Gasteiger partial charge in [-0.05, 0) is 30.3 Å². The van der Waals surface area contributed by atoms with Gasteiger partial charge in [-0.1, -0.05) is 54.1 Å². The van der Waals surface area contributed by atoms with E-state index in [1.807, 2.05) is 36.4 Å². The summed E-state index contributed by atoms with van der Waals surface area (Å²) in [5.41, 5.74) is 9.08. The van der Waals surface area contributed by atoms with Crippen molar-refractivity contribution in [2.45, 2.75) is 0 Å². The molecule has 1 aromatic heterocycles. The number of rotatable bonds is 4. The maximum absolute atomic E-state index is 13.9. The molecule has 6 heteroatoms. The Kier molecular flexibility index (Phi) is 4.37. The number of fused-ring (bicyclic) bond motifs is 1. The molecule has 0 atom stereocenters. The summed E-state index contributed by atoms with van der Waals surface area (Å²) in [6, 6.07) is 21.4. The first kappa shape index (κ1) is 16.3. The lowest BCUT2D eigenvalue weighted by Gasteiger charge is -2.14. The van der Waals surface area contributed by atoms with Crippen molar-refractivity contribution in [1.82, 2.24) is 9.97 Å². The molecular formula is C20H14ClFN4. The summed E-state index contributed by atoms with van der Waals surface area (Å²) in [6.07, 6.45) is 0. The second-order valence-corrected chi connectivity index (χ2v) is 6.09. The lowest BCUT2D eigenvalue weighted by Crippen LogP contribution is -2.13. The summed E-state index contributed by atoms with van der Waals surface area (Å²) in [7, 11) is 0. The van der Waals surface area contributed by atoms with Gasteiger partial charge in [0.05, 0.1) is 16.7 Å². The van der Waals surface area contributed by atoms with E-state index in [1.54, 1.807) is 30.3 Å². The normalized spacial score (nSPS) is 10.7. The van der Waals surface area contributed by atoms with E-state index < -0.39 is 0 Å². The lowest BCUT2D eigenvalue weighted by molar-refractivity contribution is 0.631. The molecule has 128 valence electrons. The Balaban J connectivity index is 1.79. The fraction of sp³-hybridized carbons (Fsp3) is 0. The molecule has 0 saturated heterocycles. The van der Waals surface area contributed by atoms with Gasteiger partial charge >= 0.3 is 0 Å². The number of hydrogen-bond acceptors (Lipinski definition) is 4. The molecule has 0 aliphatic heterocycles. The Morgan fingerprint density at radius 3 is 2.35 bits per heavy atom. The summed E-state index contributed by atoms with van der Waals surface area (Å²) in [5, 5.41) is 0.576. The summed E-state index contributed by atoms with van der Waals surface area (Å²) >= 11 is 6.07. The molecule has 0 spiro atoms. The van der Waals surface area contributed by atoms with Gasteiger partial charge in [-0.3, -0.25) is 10.9 Å². The van der Waals surface area contributed by atoms with Gasteiger partial charge in [-0.15, -0.1) is 0 Å². The minimum Gasteiger partial charge on any atom is -0.297 e. The van der Waals surface area contributed by atoms with E-state index in [1.165, 1.54) is 6.07 Å². The largest absolute Gasteiger partial charge is 0.297 e. The zero-order chi connectivity index (χ0) is 17.9. The Hall–Kier alpha value is -3.18. The molecular weight excluding hydrogens is 351 g/mol. The van der Waals surface area contributed by atoms with Crippen LogP contribution < -0.4 is 10.9 Å². The highest BCUT2D eigenvalue weighted by atomic mass is 35.5. The second kappa shape index (κ2) is 6.98. The maximum atomic E-state index is 13.9. The van der Waals surface area contributed by atoms with Crippen molar-refractivity contribution >= 4 is 34.1 Å². The number of nitrogens with one attached hydrogen (secondary N) is 2. The van der Waals surface area contributed by atoms with Crippen LogP contribution in [-0.2, 0) is 0 Å². The third-order valence-electron chi connectivity index (χ3n) is 3.86. The molecule has 0 fully saturated rings. The number of para-hydroxylation sites is 1. The summed E-state index contributed by atoms with van der Waals surface area (Å²) < 4.78 is 13.9. The van der Waals surface area contributed by atoms with Crippen LogP contribution in [0.3, 0.4) is 0 Å². The predicted molar refractivity (Wildman–Crippen MR) is 104 cm³/mol. The van der Waals surface area contributed by atoms with Gasteiger partial charge in [0.15, 0.2) is 5.82 Å². The Morgan fingerprint density at radius 1 is 0.769 bits per heavy atom. The molecule has 0 aliphatic carbocycles. The van der Waals surface area contributed by atoms with Crippen LogP contribution in [0.4, 0.5) is 15.9 Å². The SMILES string of the molecule is Fc1ccccc1NNc1nc2cc(Cl)ccc2nc1-c1ccccc1. The summed E-state index contributed by atoms with van der Waals surface area (Å²) in [5.74, 6) is 0.118. The van der Waals surface area contributed by atoms with E-state index in [0.717, 1.165) is 11.1 Å². The van der Waals surface area contributed by atoms with E-state index >= 15 is 0 Å². The highest BCUT2D eigenvalue weighted by Gasteiger charge is 2.12. The van der Waals surface area contributed by atoms with Gasteiger partial charge in [0, 0.05) is 10.6 Å². The predicted octanol–water partition coefficient (Wildman–Crippen LogP) is 5.53. The highest BCUT2D eigenvalue weighted by molar-refractivity contribution is 6.31. The molecule has 0 saturated carbocycles. The fourth-order valence-electron chi connectivity index (χ4n) is 2.60. The lowest BCUT2D eigenvalue weighted by atomic mass is 10.1. The van der Waals surface area contributed by atoms with E-state index in [0.29, 0.717) is 27.7 Å². The van der Waals surface area contributed by atoms with Crippen molar-refractivity contribution in [3.63, 3.8) is 0 Å². The number of aromatic nitrogens is 2. The number of benzene rings is 3. The minimum atomic E-state index is -0.363. The number of halogens is 2. The van der Waals surface area contributed by atoms with E-state index in [4.69, 9.17) is 16.6 Å². The zero-order valence-electron chi connectivity index (χ0n) is 13.6. The average Bonchev–Trinajstić information content (AvgIpc) is 2.67. The molecule has 0 amide bonds. The van der Waals surface area contributed by atoms with E-state index in [2.05, 4.69) is 15.8 Å². The monoisotopic (exact) mass is 364 g/mol. The molecule has 4 aromatic rings. The van der Waals surface area contributed by atoms with Crippen LogP contribution in [0.5, 0.6) is 0 Å². The van der Waals surface area contributed by atoms with Gasteiger partial charge in [-0.25, -0.2) is 14.4 Å². The van der Waals surface area contributed by atoms with Crippen LogP contribution in [0.25, 0.3) is 22.3 Å². The first-order chi connectivity index (χ1) is 12.7. The van der Waals surface area contributed by atoms with Gasteiger partial charge in [0.1, 0.15) is 11.5 Å². The molecule has 2 N–H and O–H groups in total. The second-order valence-electron chi connectivity index (χ2n) is 5.65. The average molecular weight is 365 g/mol. The quantitative estimate of drug-likeness (QED) is 0.467. The molecule has 4 rings (SSSR count). The molecule has 1 heterocycles. The molecule has 0 radical (unpaired) electrons. The number of nitrogens with zero attached hydrogens (tertiary/aromatic N) is 2. The maximum Gasteiger partial charge on any atom is 0.171 e. The highest BCUT2D eigenvalue weighted by Crippen LogP contribution is 2.28. The molecule has 3 aromatic carbocycles. The first-order valence-corrected chi connectivity index (χ1v) is 8.38. The van der Waals surface area contributed by atoms with Crippen LogP contribution in [0.2, 0.25) is 5.02 Å². The van der Waals surface area contributed by atoms with Crippen molar-refractivity contribution in [3.05, 3.63) is 83.6 Å². The number of anilines is 2. The topological polar surface area (TPSA) is 49.8 Å². The smallest absolute Gasteiger partial charge is 0.171 e. The Labute approximate surface area is 154 Å². The first-order valence-electron chi connectivity index (χ1n) is 8.00. The third-order valence-corrected chi connectivity index (χ3v) is 4.10. The fourth-order valence-corrected chi connectivity index (χ4v) is 2.77. The number of hydrazine groups is 1. The molecule has 0 aliphatic rings. The van der Waals surface area contributed by atoms with Crippen LogP contribution in [-0.4, -0.2) is 9.97 Å². The Morgan fingerprint density at radius 2 is 1.54 bits per heavy atom. The summed E-state index contributed by atoms with van der Waals surface area (Å²) in [4.78, 5) is 9.32. The van der Waals surface area contributed by atoms with Crippen molar-refractivity contribution in [2.24, 2.45) is 0 Å². The number of hydrogen-bond donors (Lipinski definition) is 2. The van der Waals surface area contributed by atoms with Crippen LogP contribution in [0, 0.1) is 5.82 Å². The standard InChI is InChI=1S/C20H14ClFN4/c21-14-10-11-17-18(12-14)24-20(19(23-17)13-6-2-1-3-7-13)26-25-16-9-5-4-8-15(16)22/h1-12,25H,(H,24,26). The van der Waals surface area contributed by atoms with Gasteiger partial charge in [0.2, 0.25) is 0 Å². The molecule has 0 unspecified atom stereocenters. The van der Waals surface area contributed by atoms with Crippen LogP contribution >= 0.6 is 11.6 Å². The van der Waals surface area contributed by atoms with Crippen LogP contribution in [0.15, 0.2) is 72.8 Å². The van der Waals surface area contributed by atoms with Gasteiger partial charge in [0.25, 0.3) is 0 Å². The third kappa shape index (κ3) is 3.30. The molecule has 26 heavy (non-hydrogen) atoms. The van der Waals surface area contributed by atoms with E-state index in [9.17, 15) is 4.39 Å². The Bertz CT molecular complexity index is 1070. The zero-order valence-corrected chi connectivity index (χ0v) is 14.3. The van der Waals surface area contributed by atoms with Crippen LogP contribution in [0.1, 0.15) is 0 Å². The van der Waals surface area contributed by atoms with Gasteiger partial charge < -0.3 is 0 Å². The molecule has 0 bridgehead atoms. The van der Waals surface area contributed by atoms with Crippen molar-refractivity contribution in [2.75, 3.05) is 10.9 Å². The summed E-state index contributed by atoms with van der Waals surface area (Å²) in [6.45, 7) is 0. The van der Waals surface area contributed by atoms with Crippen molar-refractivity contribution < 1.29 is 4.39 Å². The van der Waals surface area contributed by atoms with Crippen molar-refractivity contribution in [3.8, 4) is 11.3 Å². The minimum absolute atomic E-state index is 0.319. The van der Waals surface area contributed by atoms with Gasteiger partial charge in [-0.2, -0.15) is 0 Å². The van der Waals surface area contributed by atoms with E-state index in [-0.39, 0.29) is 5.82 Å².